The van der Waals surface area contributed by atoms with Gasteiger partial charge in [-0.15, -0.1) is 0 Å². The molecule has 2 nitrogen and oxygen atoms in total. The molecule has 0 radical (unpaired) electrons. The molecule has 1 aromatic heterocycles. The van der Waals surface area contributed by atoms with Crippen molar-refractivity contribution in [3.05, 3.63) is 34.4 Å². The predicted octanol–water partition coefficient (Wildman–Crippen LogP) is 3.08. The Bertz CT molecular complexity index is 498. The SMILES string of the molecule is Brc1cccc2[nH]c(CC3CCNC3)cc12. The summed E-state index contributed by atoms with van der Waals surface area (Å²) >= 11 is 3.59. The average Bonchev–Trinajstić information content (AvgIpc) is 2.88. The van der Waals surface area contributed by atoms with Gasteiger partial charge in [0.05, 0.1) is 0 Å². The smallest absolute Gasteiger partial charge is 0.0467 e. The Kier molecular flexibility index (Phi) is 2.74. The summed E-state index contributed by atoms with van der Waals surface area (Å²) in [7, 11) is 0. The Morgan fingerprint density at radius 2 is 2.31 bits per heavy atom. The number of hydrogen-bond donors (Lipinski definition) is 2. The second-order valence-corrected chi connectivity index (χ2v) is 5.41. The Hall–Kier alpha value is -0.800. The first kappa shape index (κ1) is 10.4. The van der Waals surface area contributed by atoms with Gasteiger partial charge in [-0.25, -0.2) is 0 Å². The van der Waals surface area contributed by atoms with Gasteiger partial charge >= 0.3 is 0 Å². The van der Waals surface area contributed by atoms with E-state index in [2.05, 4.69) is 50.5 Å². The van der Waals surface area contributed by atoms with E-state index in [0.717, 1.165) is 18.9 Å². The minimum atomic E-state index is 0.798. The maximum atomic E-state index is 3.59. The van der Waals surface area contributed by atoms with Crippen LogP contribution < -0.4 is 5.32 Å². The van der Waals surface area contributed by atoms with E-state index < -0.39 is 0 Å². The molecule has 1 saturated heterocycles. The van der Waals surface area contributed by atoms with E-state index in [9.17, 15) is 0 Å². The van der Waals surface area contributed by atoms with Crippen LogP contribution in [0.1, 0.15) is 12.1 Å². The van der Waals surface area contributed by atoms with Crippen LogP contribution in [0.2, 0.25) is 0 Å². The lowest BCUT2D eigenvalue weighted by atomic mass is 10.0. The first-order valence-corrected chi connectivity index (χ1v) is 6.59. The molecule has 16 heavy (non-hydrogen) atoms. The van der Waals surface area contributed by atoms with Crippen LogP contribution in [0.5, 0.6) is 0 Å². The zero-order valence-corrected chi connectivity index (χ0v) is 10.7. The fourth-order valence-electron chi connectivity index (χ4n) is 2.49. The first-order chi connectivity index (χ1) is 7.83. The van der Waals surface area contributed by atoms with Gasteiger partial charge in [-0.3, -0.25) is 0 Å². The van der Waals surface area contributed by atoms with Crippen LogP contribution in [0.4, 0.5) is 0 Å². The van der Waals surface area contributed by atoms with Gasteiger partial charge in [-0.05, 0) is 50.0 Å². The van der Waals surface area contributed by atoms with Crippen molar-refractivity contribution in [1.82, 2.24) is 10.3 Å². The lowest BCUT2D eigenvalue weighted by Gasteiger charge is -2.04. The van der Waals surface area contributed by atoms with Gasteiger partial charge in [0.2, 0.25) is 0 Å². The third kappa shape index (κ3) is 1.89. The molecule has 0 amide bonds. The standard InChI is InChI=1S/C13H15BrN2/c14-12-2-1-3-13-11(12)7-10(16-13)6-9-4-5-15-8-9/h1-3,7,9,15-16H,4-6,8H2. The van der Waals surface area contributed by atoms with Crippen LogP contribution in [0.15, 0.2) is 28.7 Å². The summed E-state index contributed by atoms with van der Waals surface area (Å²) in [6.45, 7) is 2.34. The molecule has 84 valence electrons. The Morgan fingerprint density at radius 3 is 3.06 bits per heavy atom. The van der Waals surface area contributed by atoms with Gasteiger partial charge in [0, 0.05) is 21.1 Å². The molecule has 2 N–H and O–H groups in total. The molecule has 0 bridgehead atoms. The molecule has 1 atom stereocenters. The van der Waals surface area contributed by atoms with E-state index in [0.29, 0.717) is 0 Å². The fourth-order valence-corrected chi connectivity index (χ4v) is 2.97. The number of rotatable bonds is 2. The van der Waals surface area contributed by atoms with Crippen LogP contribution in [0.25, 0.3) is 10.9 Å². The largest absolute Gasteiger partial charge is 0.358 e. The number of fused-ring (bicyclic) bond motifs is 1. The lowest BCUT2D eigenvalue weighted by molar-refractivity contribution is 0.574. The highest BCUT2D eigenvalue weighted by atomic mass is 79.9. The summed E-state index contributed by atoms with van der Waals surface area (Å²) in [5.41, 5.74) is 2.59. The highest BCUT2D eigenvalue weighted by Crippen LogP contribution is 2.26. The van der Waals surface area contributed by atoms with Crippen molar-refractivity contribution in [2.45, 2.75) is 12.8 Å². The minimum absolute atomic E-state index is 0.798. The number of H-pyrrole nitrogens is 1. The topological polar surface area (TPSA) is 27.8 Å². The van der Waals surface area contributed by atoms with Crippen LogP contribution >= 0.6 is 15.9 Å². The summed E-state index contributed by atoms with van der Waals surface area (Å²) in [6, 6.07) is 8.58. The van der Waals surface area contributed by atoms with Crippen molar-refractivity contribution in [1.29, 1.82) is 0 Å². The summed E-state index contributed by atoms with van der Waals surface area (Å²) in [5.74, 6) is 0.798. The van der Waals surface area contributed by atoms with Crippen molar-refractivity contribution in [3.63, 3.8) is 0 Å². The first-order valence-electron chi connectivity index (χ1n) is 5.80. The summed E-state index contributed by atoms with van der Waals surface area (Å²) in [6.07, 6.45) is 2.46. The maximum Gasteiger partial charge on any atom is 0.0467 e. The van der Waals surface area contributed by atoms with Crippen LogP contribution in [0, 0.1) is 5.92 Å². The quantitative estimate of drug-likeness (QED) is 0.868. The molecule has 2 aromatic rings. The minimum Gasteiger partial charge on any atom is -0.358 e. The van der Waals surface area contributed by atoms with Gasteiger partial charge in [-0.2, -0.15) is 0 Å². The third-order valence-corrected chi connectivity index (χ3v) is 4.03. The zero-order valence-electron chi connectivity index (χ0n) is 9.09. The van der Waals surface area contributed by atoms with Crippen molar-refractivity contribution < 1.29 is 0 Å². The monoisotopic (exact) mass is 278 g/mol. The average molecular weight is 279 g/mol. The van der Waals surface area contributed by atoms with Gasteiger partial charge in [0.15, 0.2) is 0 Å². The fraction of sp³-hybridized carbons (Fsp3) is 0.385. The molecule has 1 unspecified atom stereocenters. The highest BCUT2D eigenvalue weighted by Gasteiger charge is 2.16. The number of benzene rings is 1. The van der Waals surface area contributed by atoms with Crippen molar-refractivity contribution in [2.75, 3.05) is 13.1 Å². The molecule has 0 spiro atoms. The van der Waals surface area contributed by atoms with E-state index in [1.165, 1.54) is 34.0 Å². The van der Waals surface area contributed by atoms with Crippen molar-refractivity contribution in [2.24, 2.45) is 5.92 Å². The molecule has 3 heteroatoms. The number of aromatic amines is 1. The Labute approximate surface area is 104 Å². The molecule has 3 rings (SSSR count). The van der Waals surface area contributed by atoms with Gasteiger partial charge in [-0.1, -0.05) is 22.0 Å². The molecule has 1 aromatic carbocycles. The van der Waals surface area contributed by atoms with Gasteiger partial charge < -0.3 is 10.3 Å². The van der Waals surface area contributed by atoms with E-state index in [1.54, 1.807) is 0 Å². The molecular weight excluding hydrogens is 264 g/mol. The van der Waals surface area contributed by atoms with Crippen LogP contribution in [-0.4, -0.2) is 18.1 Å². The summed E-state index contributed by atoms with van der Waals surface area (Å²) in [5, 5.41) is 4.71. The molecule has 1 fully saturated rings. The molecule has 0 aliphatic carbocycles. The van der Waals surface area contributed by atoms with Crippen LogP contribution in [0.3, 0.4) is 0 Å². The third-order valence-electron chi connectivity index (χ3n) is 3.34. The van der Waals surface area contributed by atoms with E-state index in [-0.39, 0.29) is 0 Å². The van der Waals surface area contributed by atoms with Crippen molar-refractivity contribution >= 4 is 26.8 Å². The van der Waals surface area contributed by atoms with E-state index >= 15 is 0 Å². The van der Waals surface area contributed by atoms with Crippen molar-refractivity contribution in [3.8, 4) is 0 Å². The molecule has 0 saturated carbocycles. The maximum absolute atomic E-state index is 3.59. The zero-order chi connectivity index (χ0) is 11.0. The number of aromatic nitrogens is 1. The second kappa shape index (κ2) is 4.22. The molecule has 1 aliphatic rings. The predicted molar refractivity (Wildman–Crippen MR) is 70.7 cm³/mol. The highest BCUT2D eigenvalue weighted by molar-refractivity contribution is 9.10. The molecule has 1 aliphatic heterocycles. The number of nitrogens with one attached hydrogen (secondary N) is 2. The Morgan fingerprint density at radius 1 is 1.38 bits per heavy atom. The van der Waals surface area contributed by atoms with Crippen LogP contribution in [-0.2, 0) is 6.42 Å². The van der Waals surface area contributed by atoms with E-state index in [4.69, 9.17) is 0 Å². The summed E-state index contributed by atoms with van der Waals surface area (Å²) in [4.78, 5) is 3.51. The number of hydrogen-bond acceptors (Lipinski definition) is 1. The van der Waals surface area contributed by atoms with Gasteiger partial charge in [0.1, 0.15) is 0 Å². The van der Waals surface area contributed by atoms with Gasteiger partial charge in [0.25, 0.3) is 0 Å². The normalized spacial score (nSPS) is 20.7. The lowest BCUT2D eigenvalue weighted by Crippen LogP contribution is -2.10. The second-order valence-electron chi connectivity index (χ2n) is 4.56. The Balaban J connectivity index is 1.90. The summed E-state index contributed by atoms with van der Waals surface area (Å²) < 4.78 is 1.18. The molecule has 2 heterocycles. The number of halogens is 1. The molecular formula is C13H15BrN2. The van der Waals surface area contributed by atoms with E-state index in [1.807, 2.05) is 0 Å².